The zero-order valence-corrected chi connectivity index (χ0v) is 13.9. The van der Waals surface area contributed by atoms with Crippen molar-refractivity contribution in [1.29, 1.82) is 0 Å². The Morgan fingerprint density at radius 1 is 0.960 bits per heavy atom. The molecule has 0 aliphatic heterocycles. The maximum atomic E-state index is 14.2. The van der Waals surface area contributed by atoms with Crippen LogP contribution in [0.25, 0.3) is 22.4 Å². The molecule has 1 heterocycles. The molecule has 0 unspecified atom stereocenters. The molecular weight excluding hydrogens is 322 g/mol. The summed E-state index contributed by atoms with van der Waals surface area (Å²) in [6.07, 6.45) is 0. The number of rotatable bonds is 4. The van der Waals surface area contributed by atoms with E-state index in [1.54, 1.807) is 36.4 Å². The fourth-order valence-electron chi connectivity index (χ4n) is 2.61. The number of anilines is 1. The van der Waals surface area contributed by atoms with E-state index in [0.717, 1.165) is 6.07 Å². The fourth-order valence-corrected chi connectivity index (χ4v) is 2.61. The van der Waals surface area contributed by atoms with Crippen molar-refractivity contribution in [3.05, 3.63) is 66.2 Å². The lowest BCUT2D eigenvalue weighted by Gasteiger charge is -2.14. The molecule has 0 fully saturated rings. The van der Waals surface area contributed by atoms with E-state index in [1.165, 1.54) is 12.1 Å². The zero-order chi connectivity index (χ0) is 18.0. The third-order valence-corrected chi connectivity index (χ3v) is 3.70. The Balaban J connectivity index is 2.20. The Morgan fingerprint density at radius 2 is 1.68 bits per heavy atom. The number of phenolic OH excluding ortho intramolecular Hbond substituents is 1. The summed E-state index contributed by atoms with van der Waals surface area (Å²) in [7, 11) is 0. The first-order valence-corrected chi connectivity index (χ1v) is 7.97. The molecular formula is C20H18F2N2O. The summed E-state index contributed by atoms with van der Waals surface area (Å²) in [5.41, 5.74) is 1.62. The van der Waals surface area contributed by atoms with Gasteiger partial charge in [-0.05, 0) is 49.7 Å². The Morgan fingerprint density at radius 3 is 2.40 bits per heavy atom. The second-order valence-electron chi connectivity index (χ2n) is 6.04. The van der Waals surface area contributed by atoms with Gasteiger partial charge >= 0.3 is 0 Å². The summed E-state index contributed by atoms with van der Waals surface area (Å²) in [5, 5.41) is 13.3. The first-order chi connectivity index (χ1) is 12.0. The van der Waals surface area contributed by atoms with E-state index in [2.05, 4.69) is 10.3 Å². The molecule has 25 heavy (non-hydrogen) atoms. The van der Waals surface area contributed by atoms with E-state index in [-0.39, 0.29) is 17.4 Å². The van der Waals surface area contributed by atoms with E-state index >= 15 is 0 Å². The van der Waals surface area contributed by atoms with Gasteiger partial charge in [0.2, 0.25) is 0 Å². The number of nitrogens with one attached hydrogen (secondary N) is 1. The highest BCUT2D eigenvalue weighted by molar-refractivity contribution is 5.76. The third-order valence-electron chi connectivity index (χ3n) is 3.70. The highest BCUT2D eigenvalue weighted by Crippen LogP contribution is 2.33. The van der Waals surface area contributed by atoms with Crippen LogP contribution in [0.5, 0.6) is 5.75 Å². The maximum absolute atomic E-state index is 14.2. The van der Waals surface area contributed by atoms with Crippen molar-refractivity contribution >= 4 is 5.82 Å². The van der Waals surface area contributed by atoms with Crippen LogP contribution in [0, 0.1) is 11.6 Å². The molecule has 2 N–H and O–H groups in total. The fraction of sp³-hybridized carbons (Fsp3) is 0.150. The largest absolute Gasteiger partial charge is 0.507 e. The number of phenols is 1. The summed E-state index contributed by atoms with van der Waals surface area (Å²) >= 11 is 0. The molecule has 5 heteroatoms. The van der Waals surface area contributed by atoms with E-state index in [9.17, 15) is 13.9 Å². The monoisotopic (exact) mass is 340 g/mol. The highest BCUT2D eigenvalue weighted by Gasteiger charge is 2.14. The molecule has 0 radical (unpaired) electrons. The first kappa shape index (κ1) is 16.9. The standard InChI is InChI=1S/C20H18F2N2O/c1-12(2)23-19-11-13(14-7-5-8-16(21)20(14)22)10-17(24-19)15-6-3-4-9-18(15)25/h3-12,25H,1-2H3,(H,23,24). The molecule has 0 aliphatic rings. The summed E-state index contributed by atoms with van der Waals surface area (Å²) in [5.74, 6) is -1.22. The summed E-state index contributed by atoms with van der Waals surface area (Å²) in [6.45, 7) is 3.91. The predicted molar refractivity (Wildman–Crippen MR) is 95.4 cm³/mol. The lowest BCUT2D eigenvalue weighted by Crippen LogP contribution is -2.11. The van der Waals surface area contributed by atoms with Gasteiger partial charge < -0.3 is 10.4 Å². The molecule has 0 saturated heterocycles. The summed E-state index contributed by atoms with van der Waals surface area (Å²) in [4.78, 5) is 4.49. The summed E-state index contributed by atoms with van der Waals surface area (Å²) < 4.78 is 27.8. The molecule has 3 aromatic rings. The van der Waals surface area contributed by atoms with Gasteiger partial charge in [-0.15, -0.1) is 0 Å². The van der Waals surface area contributed by atoms with Crippen LogP contribution in [0.2, 0.25) is 0 Å². The van der Waals surface area contributed by atoms with E-state index in [0.29, 0.717) is 22.6 Å². The minimum atomic E-state index is -0.910. The zero-order valence-electron chi connectivity index (χ0n) is 13.9. The van der Waals surface area contributed by atoms with Gasteiger partial charge in [0, 0.05) is 17.2 Å². The molecule has 0 bridgehead atoms. The van der Waals surface area contributed by atoms with Crippen LogP contribution in [0.15, 0.2) is 54.6 Å². The molecule has 128 valence electrons. The number of hydrogen-bond acceptors (Lipinski definition) is 3. The lowest BCUT2D eigenvalue weighted by atomic mass is 10.0. The van der Waals surface area contributed by atoms with Crippen molar-refractivity contribution < 1.29 is 13.9 Å². The van der Waals surface area contributed by atoms with Gasteiger partial charge in [0.1, 0.15) is 11.6 Å². The molecule has 0 amide bonds. The number of aromatic hydroxyl groups is 1. The van der Waals surface area contributed by atoms with Crippen LogP contribution >= 0.6 is 0 Å². The van der Waals surface area contributed by atoms with E-state index < -0.39 is 11.6 Å². The van der Waals surface area contributed by atoms with Crippen LogP contribution in [-0.4, -0.2) is 16.1 Å². The number of aromatic nitrogens is 1. The number of halogens is 2. The second-order valence-corrected chi connectivity index (χ2v) is 6.04. The molecule has 1 aromatic heterocycles. The van der Waals surface area contributed by atoms with Crippen LogP contribution in [0.4, 0.5) is 14.6 Å². The Kier molecular flexibility index (Phi) is 4.65. The van der Waals surface area contributed by atoms with Gasteiger partial charge in [-0.1, -0.05) is 24.3 Å². The van der Waals surface area contributed by atoms with Crippen molar-refractivity contribution in [3.63, 3.8) is 0 Å². The highest BCUT2D eigenvalue weighted by atomic mass is 19.2. The van der Waals surface area contributed by atoms with Crippen molar-refractivity contribution in [1.82, 2.24) is 4.98 Å². The number of nitrogens with zero attached hydrogens (tertiary/aromatic N) is 1. The minimum absolute atomic E-state index is 0.0716. The van der Waals surface area contributed by atoms with Crippen LogP contribution in [-0.2, 0) is 0 Å². The number of benzene rings is 2. The van der Waals surface area contributed by atoms with Crippen LogP contribution < -0.4 is 5.32 Å². The molecule has 0 spiro atoms. The van der Waals surface area contributed by atoms with E-state index in [4.69, 9.17) is 0 Å². The van der Waals surface area contributed by atoms with Crippen molar-refractivity contribution in [2.75, 3.05) is 5.32 Å². The SMILES string of the molecule is CC(C)Nc1cc(-c2cccc(F)c2F)cc(-c2ccccc2O)n1. The second kappa shape index (κ2) is 6.89. The van der Waals surface area contributed by atoms with Crippen LogP contribution in [0.1, 0.15) is 13.8 Å². The van der Waals surface area contributed by atoms with Gasteiger partial charge in [0.15, 0.2) is 11.6 Å². The first-order valence-electron chi connectivity index (χ1n) is 7.97. The van der Waals surface area contributed by atoms with Crippen molar-refractivity contribution in [2.24, 2.45) is 0 Å². The average Bonchev–Trinajstić information content (AvgIpc) is 2.57. The Bertz CT molecular complexity index is 910. The topological polar surface area (TPSA) is 45.1 Å². The number of hydrogen-bond donors (Lipinski definition) is 2. The maximum Gasteiger partial charge on any atom is 0.166 e. The summed E-state index contributed by atoms with van der Waals surface area (Å²) in [6, 6.07) is 14.2. The predicted octanol–water partition coefficient (Wildman–Crippen LogP) is 5.22. The number of para-hydroxylation sites is 1. The average molecular weight is 340 g/mol. The van der Waals surface area contributed by atoms with Crippen molar-refractivity contribution in [2.45, 2.75) is 19.9 Å². The molecule has 0 saturated carbocycles. The lowest BCUT2D eigenvalue weighted by molar-refractivity contribution is 0.477. The van der Waals surface area contributed by atoms with Gasteiger partial charge in [0.05, 0.1) is 5.69 Å². The molecule has 0 atom stereocenters. The van der Waals surface area contributed by atoms with Gasteiger partial charge in [-0.3, -0.25) is 0 Å². The van der Waals surface area contributed by atoms with Crippen LogP contribution in [0.3, 0.4) is 0 Å². The Labute approximate surface area is 145 Å². The Hall–Kier alpha value is -2.95. The molecule has 0 aliphatic carbocycles. The number of pyridine rings is 1. The minimum Gasteiger partial charge on any atom is -0.507 e. The molecule has 2 aromatic carbocycles. The van der Waals surface area contributed by atoms with Gasteiger partial charge in [-0.2, -0.15) is 0 Å². The van der Waals surface area contributed by atoms with Crippen molar-refractivity contribution in [3.8, 4) is 28.1 Å². The third kappa shape index (κ3) is 3.60. The van der Waals surface area contributed by atoms with Gasteiger partial charge in [-0.25, -0.2) is 13.8 Å². The van der Waals surface area contributed by atoms with E-state index in [1.807, 2.05) is 13.8 Å². The molecule has 3 nitrogen and oxygen atoms in total. The smallest absolute Gasteiger partial charge is 0.166 e. The molecule has 3 rings (SSSR count). The normalized spacial score (nSPS) is 10.9. The quantitative estimate of drug-likeness (QED) is 0.684. The van der Waals surface area contributed by atoms with Gasteiger partial charge in [0.25, 0.3) is 0 Å².